The molecule has 0 aromatic carbocycles. The molecule has 1 heterocycles. The summed E-state index contributed by atoms with van der Waals surface area (Å²) in [6.45, 7) is 13.8. The van der Waals surface area contributed by atoms with E-state index in [2.05, 4.69) is 34.6 Å². The number of nitrogens with zero attached hydrogens (tertiary/aromatic N) is 1. The Kier molecular flexibility index (Phi) is 5.65. The molecule has 0 saturated carbocycles. The van der Waals surface area contributed by atoms with Gasteiger partial charge < -0.3 is 10.0 Å². The average molecular weight is 283 g/mol. The summed E-state index contributed by atoms with van der Waals surface area (Å²) >= 11 is 0. The quantitative estimate of drug-likeness (QED) is 0.758. The fourth-order valence-corrected chi connectivity index (χ4v) is 2.93. The smallest absolute Gasteiger partial charge is 0.226 e. The van der Waals surface area contributed by atoms with Gasteiger partial charge in [0.25, 0.3) is 0 Å². The van der Waals surface area contributed by atoms with Crippen molar-refractivity contribution in [3.63, 3.8) is 0 Å². The van der Waals surface area contributed by atoms with Gasteiger partial charge in [-0.25, -0.2) is 0 Å². The molecule has 1 aliphatic rings. The van der Waals surface area contributed by atoms with Crippen molar-refractivity contribution in [3.05, 3.63) is 0 Å². The van der Waals surface area contributed by atoms with Crippen molar-refractivity contribution in [2.45, 2.75) is 72.8 Å². The minimum Gasteiger partial charge on any atom is -0.386 e. The number of aliphatic hydroxyl groups is 1. The third-order valence-corrected chi connectivity index (χ3v) is 4.19. The molecule has 1 fully saturated rings. The van der Waals surface area contributed by atoms with Crippen molar-refractivity contribution in [1.29, 1.82) is 0 Å². The zero-order valence-corrected chi connectivity index (χ0v) is 14.2. The molecule has 1 rings (SSSR count). The lowest BCUT2D eigenvalue weighted by atomic mass is 9.84. The summed E-state index contributed by atoms with van der Waals surface area (Å²) in [7, 11) is 0. The molecule has 0 bridgehead atoms. The van der Waals surface area contributed by atoms with Crippen LogP contribution in [-0.4, -0.2) is 34.6 Å². The van der Waals surface area contributed by atoms with Gasteiger partial charge in [0.05, 0.1) is 18.7 Å². The summed E-state index contributed by atoms with van der Waals surface area (Å²) in [6.07, 6.45) is 4.50. The van der Waals surface area contributed by atoms with Crippen molar-refractivity contribution in [1.82, 2.24) is 4.90 Å². The Morgan fingerprint density at radius 3 is 2.20 bits per heavy atom. The lowest BCUT2D eigenvalue weighted by Gasteiger charge is -2.46. The van der Waals surface area contributed by atoms with E-state index in [-0.39, 0.29) is 11.8 Å². The number of hydrogen-bond acceptors (Lipinski definition) is 2. The Labute approximate surface area is 124 Å². The van der Waals surface area contributed by atoms with Crippen LogP contribution in [0.3, 0.4) is 0 Å². The van der Waals surface area contributed by atoms with Crippen molar-refractivity contribution in [3.8, 4) is 0 Å². The molecular formula is C17H33NO2. The van der Waals surface area contributed by atoms with E-state index in [4.69, 9.17) is 0 Å². The van der Waals surface area contributed by atoms with Crippen molar-refractivity contribution in [2.75, 3.05) is 13.1 Å². The SMILES string of the molecule is CC(C)C(CCCCC(C)(C)C)C(=O)N1CC(C)(O)C1. The van der Waals surface area contributed by atoms with E-state index in [0.717, 1.165) is 12.8 Å². The van der Waals surface area contributed by atoms with Crippen LogP contribution < -0.4 is 0 Å². The molecule has 1 unspecified atom stereocenters. The fourth-order valence-electron chi connectivity index (χ4n) is 2.93. The summed E-state index contributed by atoms with van der Waals surface area (Å²) in [4.78, 5) is 14.3. The van der Waals surface area contributed by atoms with Gasteiger partial charge in [-0.15, -0.1) is 0 Å². The highest BCUT2D eigenvalue weighted by atomic mass is 16.3. The van der Waals surface area contributed by atoms with E-state index in [1.54, 1.807) is 6.92 Å². The molecule has 0 aliphatic carbocycles. The fraction of sp³-hybridized carbons (Fsp3) is 0.941. The molecule has 118 valence electrons. The standard InChI is InChI=1S/C17H33NO2/c1-13(2)14(9-7-8-10-16(3,4)5)15(19)18-11-17(6,20)12-18/h13-14,20H,7-12H2,1-6H3. The second kappa shape index (κ2) is 6.46. The maximum atomic E-state index is 12.5. The van der Waals surface area contributed by atoms with Crippen LogP contribution in [0.2, 0.25) is 0 Å². The number of hydrogen-bond donors (Lipinski definition) is 1. The molecule has 3 heteroatoms. The number of amides is 1. The first-order chi connectivity index (χ1) is 9.02. The van der Waals surface area contributed by atoms with Gasteiger partial charge in [-0.3, -0.25) is 4.79 Å². The minimum atomic E-state index is -0.663. The molecule has 3 nitrogen and oxygen atoms in total. The maximum Gasteiger partial charge on any atom is 0.226 e. The highest BCUT2D eigenvalue weighted by molar-refractivity contribution is 5.80. The van der Waals surface area contributed by atoms with E-state index in [9.17, 15) is 9.90 Å². The Morgan fingerprint density at radius 1 is 1.25 bits per heavy atom. The van der Waals surface area contributed by atoms with Crippen molar-refractivity contribution in [2.24, 2.45) is 17.3 Å². The first-order valence-corrected chi connectivity index (χ1v) is 8.03. The van der Waals surface area contributed by atoms with Crippen molar-refractivity contribution >= 4 is 5.91 Å². The van der Waals surface area contributed by atoms with E-state index >= 15 is 0 Å². The van der Waals surface area contributed by atoms with Crippen LogP contribution in [-0.2, 0) is 4.79 Å². The third-order valence-electron chi connectivity index (χ3n) is 4.19. The molecule has 0 aromatic heterocycles. The zero-order chi connectivity index (χ0) is 15.6. The largest absolute Gasteiger partial charge is 0.386 e. The summed E-state index contributed by atoms with van der Waals surface area (Å²) in [6, 6.07) is 0. The Morgan fingerprint density at radius 2 is 1.80 bits per heavy atom. The van der Waals surface area contributed by atoms with E-state index in [1.165, 1.54) is 12.8 Å². The van der Waals surface area contributed by atoms with E-state index in [0.29, 0.717) is 24.4 Å². The molecular weight excluding hydrogens is 250 g/mol. The van der Waals surface area contributed by atoms with Crippen molar-refractivity contribution < 1.29 is 9.90 Å². The van der Waals surface area contributed by atoms with Gasteiger partial charge in [-0.2, -0.15) is 0 Å². The topological polar surface area (TPSA) is 40.5 Å². The number of likely N-dealkylation sites (tertiary alicyclic amines) is 1. The molecule has 0 radical (unpaired) electrons. The molecule has 1 aliphatic heterocycles. The molecule has 1 amide bonds. The zero-order valence-electron chi connectivity index (χ0n) is 14.2. The second-order valence-corrected chi connectivity index (χ2v) is 8.35. The number of β-amino-alcohol motifs (C(OH)–C–C–N with tert-alkyl or cyclic N) is 1. The van der Waals surface area contributed by atoms with Gasteiger partial charge in [0, 0.05) is 5.92 Å². The monoisotopic (exact) mass is 283 g/mol. The lowest BCUT2D eigenvalue weighted by Crippen LogP contribution is -2.63. The van der Waals surface area contributed by atoms with Gasteiger partial charge in [-0.05, 0) is 31.1 Å². The molecule has 20 heavy (non-hydrogen) atoms. The van der Waals surface area contributed by atoms with Crippen LogP contribution in [0.15, 0.2) is 0 Å². The number of unbranched alkanes of at least 4 members (excludes halogenated alkanes) is 1. The second-order valence-electron chi connectivity index (χ2n) is 8.35. The van der Waals surface area contributed by atoms with Crippen LogP contribution in [0.25, 0.3) is 0 Å². The Hall–Kier alpha value is -0.570. The Balaban J connectivity index is 2.39. The maximum absolute atomic E-state index is 12.5. The van der Waals surface area contributed by atoms with Crippen LogP contribution in [0.4, 0.5) is 0 Å². The molecule has 0 spiro atoms. The minimum absolute atomic E-state index is 0.117. The predicted octanol–water partition coefficient (Wildman–Crippen LogP) is 3.46. The number of carbonyl (C=O) groups excluding carboxylic acids is 1. The van der Waals surface area contributed by atoms with Crippen LogP contribution in [0.5, 0.6) is 0 Å². The van der Waals surface area contributed by atoms with Gasteiger partial charge in [0.15, 0.2) is 0 Å². The summed E-state index contributed by atoms with van der Waals surface area (Å²) < 4.78 is 0. The first kappa shape index (κ1) is 17.5. The van der Waals surface area contributed by atoms with Gasteiger partial charge >= 0.3 is 0 Å². The molecule has 1 N–H and O–H groups in total. The lowest BCUT2D eigenvalue weighted by molar-refractivity contribution is -0.158. The summed E-state index contributed by atoms with van der Waals surface area (Å²) in [5, 5.41) is 9.76. The third kappa shape index (κ3) is 5.43. The molecule has 1 atom stereocenters. The first-order valence-electron chi connectivity index (χ1n) is 8.03. The van der Waals surface area contributed by atoms with Gasteiger partial charge in [0.1, 0.15) is 0 Å². The molecule has 0 aromatic rings. The Bertz CT molecular complexity index is 320. The van der Waals surface area contributed by atoms with Crippen LogP contribution in [0, 0.1) is 17.3 Å². The number of carbonyl (C=O) groups is 1. The van der Waals surface area contributed by atoms with E-state index < -0.39 is 5.60 Å². The number of rotatable bonds is 6. The summed E-state index contributed by atoms with van der Waals surface area (Å²) in [5.41, 5.74) is -0.281. The van der Waals surface area contributed by atoms with E-state index in [1.807, 2.05) is 4.90 Å². The molecule has 1 saturated heterocycles. The average Bonchev–Trinajstić information content (AvgIpc) is 2.22. The predicted molar refractivity (Wildman–Crippen MR) is 83.5 cm³/mol. The normalized spacial score (nSPS) is 19.9. The highest BCUT2D eigenvalue weighted by Crippen LogP contribution is 2.29. The summed E-state index contributed by atoms with van der Waals surface area (Å²) in [5.74, 6) is 0.732. The van der Waals surface area contributed by atoms with Gasteiger partial charge in [0.2, 0.25) is 5.91 Å². The highest BCUT2D eigenvalue weighted by Gasteiger charge is 2.41. The van der Waals surface area contributed by atoms with Crippen LogP contribution >= 0.6 is 0 Å². The van der Waals surface area contributed by atoms with Gasteiger partial charge in [-0.1, -0.05) is 47.5 Å². The van der Waals surface area contributed by atoms with Crippen LogP contribution in [0.1, 0.15) is 67.2 Å².